The van der Waals surface area contributed by atoms with Gasteiger partial charge in [-0.2, -0.15) is 0 Å². The van der Waals surface area contributed by atoms with E-state index in [0.717, 1.165) is 6.42 Å². The van der Waals surface area contributed by atoms with Crippen molar-refractivity contribution < 1.29 is 14.7 Å². The molecule has 1 N–H and O–H groups in total. The number of aliphatic hydroxyl groups is 1. The average Bonchev–Trinajstić information content (AvgIpc) is 2.21. The highest BCUT2D eigenvalue weighted by Gasteiger charge is 2.28. The minimum absolute atomic E-state index is 0.00869. The molecule has 0 saturated carbocycles. The normalized spacial score (nSPS) is 17.5. The van der Waals surface area contributed by atoms with E-state index in [0.29, 0.717) is 19.5 Å². The lowest BCUT2D eigenvalue weighted by atomic mass is 10.2. The third-order valence-corrected chi connectivity index (χ3v) is 2.44. The van der Waals surface area contributed by atoms with Crippen LogP contribution in [0, 0.1) is 0 Å². The van der Waals surface area contributed by atoms with Crippen molar-refractivity contribution in [3.63, 3.8) is 0 Å². The highest BCUT2D eigenvalue weighted by molar-refractivity contribution is 5.92. The fourth-order valence-electron chi connectivity index (χ4n) is 1.64. The van der Waals surface area contributed by atoms with Crippen molar-refractivity contribution in [2.45, 2.75) is 19.8 Å². The van der Waals surface area contributed by atoms with Crippen molar-refractivity contribution in [2.24, 2.45) is 0 Å². The van der Waals surface area contributed by atoms with E-state index in [1.54, 1.807) is 4.90 Å². The quantitative estimate of drug-likeness (QED) is 0.668. The van der Waals surface area contributed by atoms with E-state index in [9.17, 15) is 9.59 Å². The van der Waals surface area contributed by atoms with Gasteiger partial charge in [-0.3, -0.25) is 9.59 Å². The third-order valence-electron chi connectivity index (χ3n) is 2.44. The monoisotopic (exact) mass is 214 g/mol. The molecule has 0 aliphatic carbocycles. The lowest BCUT2D eigenvalue weighted by Gasteiger charge is -2.33. The van der Waals surface area contributed by atoms with Crippen LogP contribution in [-0.2, 0) is 9.59 Å². The fraction of sp³-hybridized carbons (Fsp3) is 0.800. The van der Waals surface area contributed by atoms with Crippen LogP contribution >= 0.6 is 0 Å². The summed E-state index contributed by atoms with van der Waals surface area (Å²) in [5, 5.41) is 8.65. The summed E-state index contributed by atoms with van der Waals surface area (Å²) in [5.74, 6) is -0.00844. The van der Waals surface area contributed by atoms with Crippen LogP contribution in [-0.4, -0.2) is 59.5 Å². The number of hydrogen-bond donors (Lipinski definition) is 1. The van der Waals surface area contributed by atoms with Crippen molar-refractivity contribution in [3.8, 4) is 0 Å². The molecule has 0 spiro atoms. The molecule has 0 aromatic heterocycles. The van der Waals surface area contributed by atoms with Crippen molar-refractivity contribution in [1.29, 1.82) is 0 Å². The van der Waals surface area contributed by atoms with E-state index in [1.165, 1.54) is 4.90 Å². The zero-order chi connectivity index (χ0) is 11.3. The zero-order valence-corrected chi connectivity index (χ0v) is 9.11. The first kappa shape index (κ1) is 12.0. The maximum atomic E-state index is 11.6. The molecular weight excluding hydrogens is 196 g/mol. The summed E-state index contributed by atoms with van der Waals surface area (Å²) in [7, 11) is 0. The van der Waals surface area contributed by atoms with Crippen LogP contribution in [0.5, 0.6) is 0 Å². The number of hydrogen-bond acceptors (Lipinski definition) is 3. The second-order valence-corrected chi connectivity index (χ2v) is 3.71. The van der Waals surface area contributed by atoms with E-state index in [1.807, 2.05) is 6.92 Å². The predicted molar refractivity (Wildman–Crippen MR) is 55.2 cm³/mol. The molecular formula is C10H18N2O3. The number of rotatable bonds is 5. The predicted octanol–water partition coefficient (Wildman–Crippen LogP) is -0.550. The Hall–Kier alpha value is -1.10. The van der Waals surface area contributed by atoms with Gasteiger partial charge in [-0.05, 0) is 12.8 Å². The molecule has 1 fully saturated rings. The van der Waals surface area contributed by atoms with E-state index < -0.39 is 0 Å². The first-order valence-corrected chi connectivity index (χ1v) is 5.35. The van der Waals surface area contributed by atoms with Gasteiger partial charge in [0, 0.05) is 19.7 Å². The van der Waals surface area contributed by atoms with Gasteiger partial charge in [0.1, 0.15) is 0 Å². The number of piperazine rings is 1. The molecule has 0 unspecified atom stereocenters. The molecule has 1 saturated heterocycles. The SMILES string of the molecule is CCCN1CC(=O)N(CCCO)CC1=O. The van der Waals surface area contributed by atoms with Gasteiger partial charge in [0.05, 0.1) is 13.1 Å². The summed E-state index contributed by atoms with van der Waals surface area (Å²) in [6.07, 6.45) is 1.41. The van der Waals surface area contributed by atoms with Crippen LogP contribution < -0.4 is 0 Å². The summed E-state index contributed by atoms with van der Waals surface area (Å²) in [6.45, 7) is 3.52. The van der Waals surface area contributed by atoms with Gasteiger partial charge < -0.3 is 14.9 Å². The Morgan fingerprint density at radius 3 is 2.13 bits per heavy atom. The average molecular weight is 214 g/mol. The van der Waals surface area contributed by atoms with Crippen molar-refractivity contribution in [3.05, 3.63) is 0 Å². The molecule has 2 amide bonds. The van der Waals surface area contributed by atoms with Crippen molar-refractivity contribution in [2.75, 3.05) is 32.8 Å². The van der Waals surface area contributed by atoms with Crippen LogP contribution in [0.15, 0.2) is 0 Å². The summed E-state index contributed by atoms with van der Waals surface area (Å²) in [5.41, 5.74) is 0. The van der Waals surface area contributed by atoms with Gasteiger partial charge in [0.2, 0.25) is 11.8 Å². The number of nitrogens with zero attached hydrogens (tertiary/aromatic N) is 2. The molecule has 5 nitrogen and oxygen atoms in total. The molecule has 1 rings (SSSR count). The molecule has 1 aliphatic rings. The van der Waals surface area contributed by atoms with Gasteiger partial charge >= 0.3 is 0 Å². The number of amides is 2. The van der Waals surface area contributed by atoms with Gasteiger partial charge in [0.15, 0.2) is 0 Å². The van der Waals surface area contributed by atoms with Crippen molar-refractivity contribution >= 4 is 11.8 Å². The van der Waals surface area contributed by atoms with E-state index >= 15 is 0 Å². The Labute approximate surface area is 89.7 Å². The Morgan fingerprint density at radius 1 is 1.13 bits per heavy atom. The Bertz CT molecular complexity index is 243. The molecule has 5 heteroatoms. The van der Waals surface area contributed by atoms with Gasteiger partial charge in [0.25, 0.3) is 0 Å². The Morgan fingerprint density at radius 2 is 1.67 bits per heavy atom. The number of carbonyl (C=O) groups is 2. The largest absolute Gasteiger partial charge is 0.396 e. The number of aliphatic hydroxyl groups excluding tert-OH is 1. The van der Waals surface area contributed by atoms with Crippen LogP contribution in [0.1, 0.15) is 19.8 Å². The van der Waals surface area contributed by atoms with Crippen molar-refractivity contribution in [1.82, 2.24) is 9.80 Å². The van der Waals surface area contributed by atoms with Gasteiger partial charge in [-0.25, -0.2) is 0 Å². The maximum Gasteiger partial charge on any atom is 0.242 e. The van der Waals surface area contributed by atoms with E-state index in [4.69, 9.17) is 5.11 Å². The minimum atomic E-state index is -0.0171. The molecule has 0 aromatic carbocycles. The Kier molecular flexibility index (Phi) is 4.55. The fourth-order valence-corrected chi connectivity index (χ4v) is 1.64. The second-order valence-electron chi connectivity index (χ2n) is 3.71. The standard InChI is InChI=1S/C10H18N2O3/c1-2-4-11-7-10(15)12(5-3-6-13)8-9(11)14/h13H,2-8H2,1H3. The first-order chi connectivity index (χ1) is 7.19. The molecule has 0 radical (unpaired) electrons. The lowest BCUT2D eigenvalue weighted by molar-refractivity contribution is -0.150. The summed E-state index contributed by atoms with van der Waals surface area (Å²) >= 11 is 0. The highest BCUT2D eigenvalue weighted by Crippen LogP contribution is 2.06. The van der Waals surface area contributed by atoms with Gasteiger partial charge in [-0.1, -0.05) is 6.92 Å². The highest BCUT2D eigenvalue weighted by atomic mass is 16.3. The molecule has 0 aromatic rings. The topological polar surface area (TPSA) is 60.9 Å². The smallest absolute Gasteiger partial charge is 0.242 e. The van der Waals surface area contributed by atoms with Gasteiger partial charge in [-0.15, -0.1) is 0 Å². The molecule has 0 atom stereocenters. The molecule has 1 heterocycles. The molecule has 1 aliphatic heterocycles. The minimum Gasteiger partial charge on any atom is -0.396 e. The second kappa shape index (κ2) is 5.70. The van der Waals surface area contributed by atoms with Crippen LogP contribution in [0.3, 0.4) is 0 Å². The summed E-state index contributed by atoms with van der Waals surface area (Å²) in [6, 6.07) is 0. The maximum absolute atomic E-state index is 11.6. The number of carbonyl (C=O) groups excluding carboxylic acids is 2. The zero-order valence-electron chi connectivity index (χ0n) is 9.11. The van der Waals surface area contributed by atoms with E-state index in [2.05, 4.69) is 0 Å². The van der Waals surface area contributed by atoms with Crippen LogP contribution in [0.25, 0.3) is 0 Å². The molecule has 0 bridgehead atoms. The van der Waals surface area contributed by atoms with Crippen LogP contribution in [0.2, 0.25) is 0 Å². The molecule has 15 heavy (non-hydrogen) atoms. The third kappa shape index (κ3) is 3.20. The summed E-state index contributed by atoms with van der Waals surface area (Å²) in [4.78, 5) is 26.3. The summed E-state index contributed by atoms with van der Waals surface area (Å²) < 4.78 is 0. The van der Waals surface area contributed by atoms with Crippen LogP contribution in [0.4, 0.5) is 0 Å². The first-order valence-electron chi connectivity index (χ1n) is 5.35. The Balaban J connectivity index is 2.47. The molecule has 86 valence electrons. The lowest BCUT2D eigenvalue weighted by Crippen LogP contribution is -2.54. The van der Waals surface area contributed by atoms with E-state index in [-0.39, 0.29) is 31.5 Å².